The van der Waals surface area contributed by atoms with Crippen LogP contribution in [-0.4, -0.2) is 15.6 Å². The highest BCUT2D eigenvalue weighted by molar-refractivity contribution is 7.09. The zero-order chi connectivity index (χ0) is 13.8. The molecule has 0 spiro atoms. The number of nitrogens with zero attached hydrogens (tertiary/aromatic N) is 2. The van der Waals surface area contributed by atoms with Crippen LogP contribution in [0.25, 0.3) is 0 Å². The Bertz CT molecular complexity index is 573. The van der Waals surface area contributed by atoms with Gasteiger partial charge in [0.15, 0.2) is 0 Å². The second-order valence-electron chi connectivity index (χ2n) is 4.42. The Labute approximate surface area is 116 Å². The van der Waals surface area contributed by atoms with Gasteiger partial charge in [0.05, 0.1) is 23.8 Å². The fourth-order valence-corrected chi connectivity index (χ4v) is 2.35. The number of rotatable bonds is 4. The molecular weight excluding hydrogens is 260 g/mol. The standard InChI is InChI=1S/C13H18N4OS/c1-9-4-5-12(17(9)3)7-15-13(18)14-6-11-8-19-10(2)16-11/h4-5,8H,6-7H2,1-3H3,(H2,14,15,18). The van der Waals surface area contributed by atoms with Crippen molar-refractivity contribution >= 4 is 17.4 Å². The first-order chi connectivity index (χ1) is 9.06. The summed E-state index contributed by atoms with van der Waals surface area (Å²) in [5.74, 6) is 0. The summed E-state index contributed by atoms with van der Waals surface area (Å²) >= 11 is 1.58. The summed E-state index contributed by atoms with van der Waals surface area (Å²) in [7, 11) is 1.99. The van der Waals surface area contributed by atoms with Gasteiger partial charge in [0, 0.05) is 23.8 Å². The zero-order valence-electron chi connectivity index (χ0n) is 11.4. The quantitative estimate of drug-likeness (QED) is 0.899. The number of carbonyl (C=O) groups excluding carboxylic acids is 1. The van der Waals surface area contributed by atoms with Gasteiger partial charge >= 0.3 is 6.03 Å². The third kappa shape index (κ3) is 3.57. The summed E-state index contributed by atoms with van der Waals surface area (Å²) in [6.07, 6.45) is 0. The number of hydrogen-bond donors (Lipinski definition) is 2. The third-order valence-corrected chi connectivity index (χ3v) is 3.83. The van der Waals surface area contributed by atoms with E-state index >= 15 is 0 Å². The van der Waals surface area contributed by atoms with Crippen LogP contribution in [0.1, 0.15) is 22.1 Å². The van der Waals surface area contributed by atoms with Crippen molar-refractivity contribution in [3.05, 3.63) is 39.6 Å². The highest BCUT2D eigenvalue weighted by atomic mass is 32.1. The second-order valence-corrected chi connectivity index (χ2v) is 5.48. The molecule has 0 aliphatic rings. The summed E-state index contributed by atoms with van der Waals surface area (Å²) in [5, 5.41) is 8.59. The lowest BCUT2D eigenvalue weighted by Gasteiger charge is -2.08. The van der Waals surface area contributed by atoms with Crippen molar-refractivity contribution in [3.8, 4) is 0 Å². The lowest BCUT2D eigenvalue weighted by Crippen LogP contribution is -2.35. The van der Waals surface area contributed by atoms with E-state index in [2.05, 4.69) is 20.2 Å². The first-order valence-corrected chi connectivity index (χ1v) is 6.98. The number of nitrogens with one attached hydrogen (secondary N) is 2. The van der Waals surface area contributed by atoms with E-state index in [1.54, 1.807) is 11.3 Å². The Kier molecular flexibility index (Phi) is 4.21. The van der Waals surface area contributed by atoms with E-state index in [0.717, 1.165) is 16.4 Å². The maximum atomic E-state index is 11.7. The summed E-state index contributed by atoms with van der Waals surface area (Å²) in [6, 6.07) is 3.87. The maximum absolute atomic E-state index is 11.7. The van der Waals surface area contributed by atoms with Crippen LogP contribution in [0.5, 0.6) is 0 Å². The van der Waals surface area contributed by atoms with Crippen molar-refractivity contribution < 1.29 is 4.79 Å². The zero-order valence-corrected chi connectivity index (χ0v) is 12.2. The van der Waals surface area contributed by atoms with Gasteiger partial charge in [0.25, 0.3) is 0 Å². The molecule has 6 heteroatoms. The van der Waals surface area contributed by atoms with E-state index in [9.17, 15) is 4.79 Å². The summed E-state index contributed by atoms with van der Waals surface area (Å²) in [4.78, 5) is 15.9. The first kappa shape index (κ1) is 13.6. The monoisotopic (exact) mass is 278 g/mol. The molecule has 2 N–H and O–H groups in total. The van der Waals surface area contributed by atoms with Crippen LogP contribution >= 0.6 is 11.3 Å². The topological polar surface area (TPSA) is 59.0 Å². The molecule has 2 amide bonds. The molecule has 0 aliphatic heterocycles. The van der Waals surface area contributed by atoms with Crippen LogP contribution in [-0.2, 0) is 20.1 Å². The number of urea groups is 1. The van der Waals surface area contributed by atoms with Crippen molar-refractivity contribution in [2.24, 2.45) is 7.05 Å². The van der Waals surface area contributed by atoms with Gasteiger partial charge in [0.2, 0.25) is 0 Å². The van der Waals surface area contributed by atoms with E-state index in [0.29, 0.717) is 13.1 Å². The Morgan fingerprint density at radius 1 is 1.32 bits per heavy atom. The molecule has 0 aromatic carbocycles. The van der Waals surface area contributed by atoms with Gasteiger partial charge < -0.3 is 15.2 Å². The minimum Gasteiger partial charge on any atom is -0.350 e. The molecule has 19 heavy (non-hydrogen) atoms. The molecule has 0 unspecified atom stereocenters. The minimum absolute atomic E-state index is 0.176. The molecule has 0 bridgehead atoms. The van der Waals surface area contributed by atoms with Crippen LogP contribution in [0, 0.1) is 13.8 Å². The van der Waals surface area contributed by atoms with Crippen molar-refractivity contribution in [2.45, 2.75) is 26.9 Å². The van der Waals surface area contributed by atoms with Gasteiger partial charge in [-0.3, -0.25) is 0 Å². The predicted molar refractivity (Wildman–Crippen MR) is 76.1 cm³/mol. The molecule has 0 saturated carbocycles. The number of aryl methyl sites for hydroxylation is 2. The third-order valence-electron chi connectivity index (χ3n) is 3.00. The normalized spacial score (nSPS) is 10.5. The molecule has 0 fully saturated rings. The van der Waals surface area contributed by atoms with E-state index in [1.807, 2.05) is 38.4 Å². The number of carbonyl (C=O) groups is 1. The fraction of sp³-hybridized carbons (Fsp3) is 0.385. The van der Waals surface area contributed by atoms with Gasteiger partial charge in [-0.25, -0.2) is 9.78 Å². The Hall–Kier alpha value is -1.82. The summed E-state index contributed by atoms with van der Waals surface area (Å²) < 4.78 is 2.06. The van der Waals surface area contributed by atoms with E-state index < -0.39 is 0 Å². The molecule has 5 nitrogen and oxygen atoms in total. The largest absolute Gasteiger partial charge is 0.350 e. The number of amides is 2. The van der Waals surface area contributed by atoms with Gasteiger partial charge in [-0.05, 0) is 26.0 Å². The van der Waals surface area contributed by atoms with Gasteiger partial charge in [-0.15, -0.1) is 11.3 Å². The number of aromatic nitrogens is 2. The molecule has 2 aromatic heterocycles. The molecule has 2 rings (SSSR count). The highest BCUT2D eigenvalue weighted by Crippen LogP contribution is 2.07. The van der Waals surface area contributed by atoms with Crippen molar-refractivity contribution in [1.29, 1.82) is 0 Å². The Morgan fingerprint density at radius 3 is 2.63 bits per heavy atom. The van der Waals surface area contributed by atoms with E-state index in [-0.39, 0.29) is 6.03 Å². The molecular formula is C13H18N4OS. The SMILES string of the molecule is Cc1nc(CNC(=O)NCc2ccc(C)n2C)cs1. The van der Waals surface area contributed by atoms with Crippen LogP contribution in [0.2, 0.25) is 0 Å². The molecule has 2 aromatic rings. The van der Waals surface area contributed by atoms with E-state index in [4.69, 9.17) is 0 Å². The highest BCUT2D eigenvalue weighted by Gasteiger charge is 2.05. The predicted octanol–water partition coefficient (Wildman–Crippen LogP) is 2.10. The van der Waals surface area contributed by atoms with Crippen LogP contribution in [0.15, 0.2) is 17.5 Å². The Morgan fingerprint density at radius 2 is 2.05 bits per heavy atom. The Balaban J connectivity index is 1.77. The van der Waals surface area contributed by atoms with Gasteiger partial charge in [0.1, 0.15) is 0 Å². The second kappa shape index (κ2) is 5.88. The lowest BCUT2D eigenvalue weighted by molar-refractivity contribution is 0.240. The summed E-state index contributed by atoms with van der Waals surface area (Å²) in [6.45, 7) is 4.97. The smallest absolute Gasteiger partial charge is 0.315 e. The van der Waals surface area contributed by atoms with Crippen molar-refractivity contribution in [2.75, 3.05) is 0 Å². The first-order valence-electron chi connectivity index (χ1n) is 6.10. The molecule has 2 heterocycles. The van der Waals surface area contributed by atoms with Crippen LogP contribution < -0.4 is 10.6 Å². The fourth-order valence-electron chi connectivity index (χ4n) is 1.74. The maximum Gasteiger partial charge on any atom is 0.315 e. The molecule has 102 valence electrons. The number of hydrogen-bond acceptors (Lipinski definition) is 3. The molecule has 0 aliphatic carbocycles. The van der Waals surface area contributed by atoms with Crippen LogP contribution in [0.3, 0.4) is 0 Å². The summed E-state index contributed by atoms with van der Waals surface area (Å²) in [5.41, 5.74) is 3.15. The van der Waals surface area contributed by atoms with Crippen molar-refractivity contribution in [1.82, 2.24) is 20.2 Å². The molecule has 0 radical (unpaired) electrons. The van der Waals surface area contributed by atoms with Crippen molar-refractivity contribution in [3.63, 3.8) is 0 Å². The van der Waals surface area contributed by atoms with E-state index in [1.165, 1.54) is 5.69 Å². The van der Waals surface area contributed by atoms with Crippen LogP contribution in [0.4, 0.5) is 4.79 Å². The molecule has 0 saturated heterocycles. The molecule has 0 atom stereocenters. The average molecular weight is 278 g/mol. The minimum atomic E-state index is -0.176. The average Bonchev–Trinajstić information content (AvgIpc) is 2.93. The lowest BCUT2D eigenvalue weighted by atomic mass is 10.4. The number of thiazole rings is 1. The van der Waals surface area contributed by atoms with Gasteiger partial charge in [-0.1, -0.05) is 0 Å². The van der Waals surface area contributed by atoms with Gasteiger partial charge in [-0.2, -0.15) is 0 Å².